The lowest BCUT2D eigenvalue weighted by atomic mass is 10.1. The summed E-state index contributed by atoms with van der Waals surface area (Å²) in [5, 5.41) is 1.23. The summed E-state index contributed by atoms with van der Waals surface area (Å²) in [6, 6.07) is 6.69. The summed E-state index contributed by atoms with van der Waals surface area (Å²) in [5.41, 5.74) is 3.64. The molecule has 0 unspecified atom stereocenters. The molecule has 0 radical (unpaired) electrons. The minimum Gasteiger partial charge on any atom is -0.380 e. The van der Waals surface area contributed by atoms with Crippen LogP contribution in [0.25, 0.3) is 10.9 Å². The SMILES string of the molecule is CO[C@H]1C[C@@H](CN(C)C(=O)CCc2c[nH]c3c(C)cccc23)N(C)C1. The number of aryl methyl sites for hydroxylation is 2. The van der Waals surface area contributed by atoms with Gasteiger partial charge in [-0.25, -0.2) is 0 Å². The van der Waals surface area contributed by atoms with Crippen LogP contribution in [0.5, 0.6) is 0 Å². The van der Waals surface area contributed by atoms with Gasteiger partial charge in [-0.3, -0.25) is 9.69 Å². The second kappa shape index (κ2) is 7.58. The number of nitrogens with zero attached hydrogens (tertiary/aromatic N) is 2. The number of hydrogen-bond donors (Lipinski definition) is 1. The lowest BCUT2D eigenvalue weighted by Crippen LogP contribution is -2.39. The van der Waals surface area contributed by atoms with Gasteiger partial charge in [0, 0.05) is 56.8 Å². The van der Waals surface area contributed by atoms with Crippen LogP contribution in [0.15, 0.2) is 24.4 Å². The van der Waals surface area contributed by atoms with Gasteiger partial charge in [-0.05, 0) is 37.9 Å². The summed E-state index contributed by atoms with van der Waals surface area (Å²) in [4.78, 5) is 20.1. The average molecular weight is 343 g/mol. The van der Waals surface area contributed by atoms with Gasteiger partial charge in [0.15, 0.2) is 0 Å². The zero-order valence-corrected chi connectivity index (χ0v) is 15.7. The molecule has 1 aliphatic heterocycles. The summed E-state index contributed by atoms with van der Waals surface area (Å²) >= 11 is 0. The molecule has 0 spiro atoms. The second-order valence-electron chi connectivity index (χ2n) is 7.27. The number of hydrogen-bond acceptors (Lipinski definition) is 3. The van der Waals surface area contributed by atoms with E-state index in [0.717, 1.165) is 25.9 Å². The van der Waals surface area contributed by atoms with Crippen LogP contribution >= 0.6 is 0 Å². The third-order valence-corrected chi connectivity index (χ3v) is 5.51. The smallest absolute Gasteiger partial charge is 0.222 e. The number of ether oxygens (including phenoxy) is 1. The third kappa shape index (κ3) is 3.88. The third-order valence-electron chi connectivity index (χ3n) is 5.51. The van der Waals surface area contributed by atoms with E-state index >= 15 is 0 Å². The number of amides is 1. The first-order valence-corrected chi connectivity index (χ1v) is 9.02. The second-order valence-corrected chi connectivity index (χ2v) is 7.27. The number of fused-ring (bicyclic) bond motifs is 1. The molecule has 1 amide bonds. The van der Waals surface area contributed by atoms with E-state index in [1.54, 1.807) is 7.11 Å². The Kier molecular flexibility index (Phi) is 5.45. The van der Waals surface area contributed by atoms with E-state index in [1.165, 1.54) is 22.0 Å². The molecular weight excluding hydrogens is 314 g/mol. The number of carbonyl (C=O) groups is 1. The highest BCUT2D eigenvalue weighted by Crippen LogP contribution is 2.23. The molecule has 1 fully saturated rings. The molecule has 1 aliphatic rings. The number of para-hydroxylation sites is 1. The Labute approximate surface area is 149 Å². The molecule has 5 nitrogen and oxygen atoms in total. The van der Waals surface area contributed by atoms with Crippen molar-refractivity contribution in [3.05, 3.63) is 35.5 Å². The van der Waals surface area contributed by atoms with Crippen molar-refractivity contribution in [2.24, 2.45) is 0 Å². The highest BCUT2D eigenvalue weighted by atomic mass is 16.5. The molecule has 2 aromatic rings. The number of aromatic amines is 1. The molecule has 0 bridgehead atoms. The summed E-state index contributed by atoms with van der Waals surface area (Å²) in [6.45, 7) is 3.81. The van der Waals surface area contributed by atoms with Crippen molar-refractivity contribution < 1.29 is 9.53 Å². The van der Waals surface area contributed by atoms with Crippen LogP contribution in [0.2, 0.25) is 0 Å². The van der Waals surface area contributed by atoms with Gasteiger partial charge >= 0.3 is 0 Å². The van der Waals surface area contributed by atoms with E-state index in [9.17, 15) is 4.79 Å². The fourth-order valence-corrected chi connectivity index (χ4v) is 3.83. The largest absolute Gasteiger partial charge is 0.380 e. The maximum atomic E-state index is 12.6. The number of rotatable bonds is 6. The molecule has 1 aromatic heterocycles. The van der Waals surface area contributed by atoms with E-state index in [4.69, 9.17) is 4.74 Å². The Morgan fingerprint density at radius 1 is 1.44 bits per heavy atom. The first kappa shape index (κ1) is 18.0. The Hall–Kier alpha value is -1.85. The van der Waals surface area contributed by atoms with E-state index in [0.29, 0.717) is 12.5 Å². The van der Waals surface area contributed by atoms with Gasteiger partial charge in [0.25, 0.3) is 0 Å². The van der Waals surface area contributed by atoms with Crippen molar-refractivity contribution in [3.63, 3.8) is 0 Å². The van der Waals surface area contributed by atoms with E-state index in [1.807, 2.05) is 18.1 Å². The molecule has 2 atom stereocenters. The lowest BCUT2D eigenvalue weighted by molar-refractivity contribution is -0.130. The normalized spacial score (nSPS) is 21.1. The van der Waals surface area contributed by atoms with Crippen LogP contribution in [0, 0.1) is 6.92 Å². The van der Waals surface area contributed by atoms with Crippen LogP contribution in [-0.4, -0.2) is 67.1 Å². The Morgan fingerprint density at radius 3 is 2.96 bits per heavy atom. The quantitative estimate of drug-likeness (QED) is 0.877. The number of nitrogens with one attached hydrogen (secondary N) is 1. The van der Waals surface area contributed by atoms with Crippen LogP contribution in [0.1, 0.15) is 24.0 Å². The molecule has 5 heteroatoms. The molecule has 3 rings (SSSR count). The molecular formula is C20H29N3O2. The minimum atomic E-state index is 0.205. The number of likely N-dealkylation sites (N-methyl/N-ethyl adjacent to an activating group) is 2. The Balaban J connectivity index is 1.56. The van der Waals surface area contributed by atoms with Gasteiger partial charge in [0.05, 0.1) is 6.10 Å². The lowest BCUT2D eigenvalue weighted by Gasteiger charge is -2.25. The van der Waals surface area contributed by atoms with E-state index in [-0.39, 0.29) is 12.0 Å². The molecule has 1 N–H and O–H groups in total. The van der Waals surface area contributed by atoms with Gasteiger partial charge < -0.3 is 14.6 Å². The number of aromatic nitrogens is 1. The molecule has 25 heavy (non-hydrogen) atoms. The zero-order chi connectivity index (χ0) is 18.0. The van der Waals surface area contributed by atoms with Crippen molar-refractivity contribution in [2.45, 2.75) is 38.3 Å². The van der Waals surface area contributed by atoms with Crippen molar-refractivity contribution in [3.8, 4) is 0 Å². The first-order chi connectivity index (χ1) is 12.0. The fourth-order valence-electron chi connectivity index (χ4n) is 3.83. The van der Waals surface area contributed by atoms with Crippen molar-refractivity contribution >= 4 is 16.8 Å². The van der Waals surface area contributed by atoms with Gasteiger partial charge in [-0.1, -0.05) is 18.2 Å². The summed E-state index contributed by atoms with van der Waals surface area (Å²) in [6.07, 6.45) is 4.63. The maximum Gasteiger partial charge on any atom is 0.222 e. The predicted octanol–water partition coefficient (Wildman–Crippen LogP) is 2.59. The van der Waals surface area contributed by atoms with Gasteiger partial charge in [-0.2, -0.15) is 0 Å². The van der Waals surface area contributed by atoms with Crippen LogP contribution in [-0.2, 0) is 16.0 Å². The zero-order valence-electron chi connectivity index (χ0n) is 15.7. The van der Waals surface area contributed by atoms with Gasteiger partial charge in [0.1, 0.15) is 0 Å². The minimum absolute atomic E-state index is 0.205. The van der Waals surface area contributed by atoms with Crippen molar-refractivity contribution in [2.75, 3.05) is 34.3 Å². The monoisotopic (exact) mass is 343 g/mol. The number of likely N-dealkylation sites (tertiary alicyclic amines) is 1. The van der Waals surface area contributed by atoms with Crippen LogP contribution < -0.4 is 0 Å². The predicted molar refractivity (Wildman–Crippen MR) is 101 cm³/mol. The summed E-state index contributed by atoms with van der Waals surface area (Å²) in [7, 11) is 5.78. The highest BCUT2D eigenvalue weighted by Gasteiger charge is 2.30. The average Bonchev–Trinajstić information content (AvgIpc) is 3.17. The number of carbonyl (C=O) groups excluding carboxylic acids is 1. The molecule has 0 aliphatic carbocycles. The first-order valence-electron chi connectivity index (χ1n) is 9.02. The number of H-pyrrole nitrogens is 1. The molecule has 1 saturated heterocycles. The van der Waals surface area contributed by atoms with Gasteiger partial charge in [-0.15, -0.1) is 0 Å². The molecule has 136 valence electrons. The highest BCUT2D eigenvalue weighted by molar-refractivity contribution is 5.86. The van der Waals surface area contributed by atoms with Crippen LogP contribution in [0.3, 0.4) is 0 Å². The molecule has 1 aromatic carbocycles. The van der Waals surface area contributed by atoms with Gasteiger partial charge in [0.2, 0.25) is 5.91 Å². The topological polar surface area (TPSA) is 48.6 Å². The Bertz CT molecular complexity index is 740. The van der Waals surface area contributed by atoms with E-state index < -0.39 is 0 Å². The standard InChI is InChI=1S/C20H29N3O2/c1-14-6-5-7-18-15(11-21-20(14)18)8-9-19(24)23(3)12-16-10-17(25-4)13-22(16)2/h5-7,11,16-17,21H,8-10,12-13H2,1-4H3/t16-,17-/m0/s1. The number of methoxy groups -OCH3 is 1. The van der Waals surface area contributed by atoms with Crippen molar-refractivity contribution in [1.29, 1.82) is 0 Å². The molecule has 0 saturated carbocycles. The fraction of sp³-hybridized carbons (Fsp3) is 0.550. The van der Waals surface area contributed by atoms with E-state index in [2.05, 4.69) is 42.1 Å². The number of benzene rings is 1. The maximum absolute atomic E-state index is 12.6. The van der Waals surface area contributed by atoms with Crippen molar-refractivity contribution in [1.82, 2.24) is 14.8 Å². The summed E-state index contributed by atoms with van der Waals surface area (Å²) < 4.78 is 5.45. The van der Waals surface area contributed by atoms with Crippen LogP contribution in [0.4, 0.5) is 0 Å². The molecule has 2 heterocycles. The summed E-state index contributed by atoms with van der Waals surface area (Å²) in [5.74, 6) is 0.205. The Morgan fingerprint density at radius 2 is 2.24 bits per heavy atom.